The Balaban J connectivity index is 2.48. The molecular formula is C11H10F3NO3. The number of ether oxygens (including phenoxy) is 1. The van der Waals surface area contributed by atoms with Crippen molar-refractivity contribution in [3.05, 3.63) is 30.1 Å². The SMILES string of the molecule is O=C(O)C=Cc1ccc(OCCC(F)(F)F)cn1. The van der Waals surface area contributed by atoms with E-state index in [9.17, 15) is 18.0 Å². The van der Waals surface area contributed by atoms with Crippen LogP contribution in [0.1, 0.15) is 12.1 Å². The Morgan fingerprint density at radius 3 is 2.67 bits per heavy atom. The van der Waals surface area contributed by atoms with Gasteiger partial charge in [0.15, 0.2) is 0 Å². The number of carboxylic acids is 1. The highest BCUT2D eigenvalue weighted by Crippen LogP contribution is 2.20. The van der Waals surface area contributed by atoms with E-state index in [1.165, 1.54) is 24.4 Å². The lowest BCUT2D eigenvalue weighted by Crippen LogP contribution is -2.13. The lowest BCUT2D eigenvalue weighted by atomic mass is 10.3. The van der Waals surface area contributed by atoms with Gasteiger partial charge in [-0.15, -0.1) is 0 Å². The number of nitrogens with zero attached hydrogens (tertiary/aromatic N) is 1. The summed E-state index contributed by atoms with van der Waals surface area (Å²) < 4.78 is 40.4. The minimum absolute atomic E-state index is 0.201. The highest BCUT2D eigenvalue weighted by Gasteiger charge is 2.26. The first-order valence-electron chi connectivity index (χ1n) is 4.93. The predicted octanol–water partition coefficient (Wildman–Crippen LogP) is 2.51. The van der Waals surface area contributed by atoms with Crippen molar-refractivity contribution in [1.82, 2.24) is 4.98 Å². The van der Waals surface area contributed by atoms with Crippen molar-refractivity contribution in [3.63, 3.8) is 0 Å². The summed E-state index contributed by atoms with van der Waals surface area (Å²) in [4.78, 5) is 14.0. The second-order valence-corrected chi connectivity index (χ2v) is 3.30. The van der Waals surface area contributed by atoms with Gasteiger partial charge < -0.3 is 9.84 Å². The number of hydrogen-bond donors (Lipinski definition) is 1. The third kappa shape index (κ3) is 5.88. The fraction of sp³-hybridized carbons (Fsp3) is 0.273. The molecule has 0 spiro atoms. The molecule has 1 aromatic heterocycles. The Hall–Kier alpha value is -2.05. The van der Waals surface area contributed by atoms with E-state index in [1.807, 2.05) is 0 Å². The summed E-state index contributed by atoms with van der Waals surface area (Å²) in [5, 5.41) is 8.38. The normalized spacial score (nSPS) is 11.7. The van der Waals surface area contributed by atoms with E-state index in [1.54, 1.807) is 0 Å². The van der Waals surface area contributed by atoms with E-state index in [-0.39, 0.29) is 5.75 Å². The average Bonchev–Trinajstić information content (AvgIpc) is 2.26. The number of pyridine rings is 1. The molecule has 0 atom stereocenters. The summed E-state index contributed by atoms with van der Waals surface area (Å²) in [6.07, 6.45) is -1.88. The zero-order valence-electron chi connectivity index (χ0n) is 9.15. The van der Waals surface area contributed by atoms with E-state index in [0.29, 0.717) is 5.69 Å². The maximum Gasteiger partial charge on any atom is 0.392 e. The number of hydrogen-bond acceptors (Lipinski definition) is 3. The molecule has 0 fully saturated rings. The smallest absolute Gasteiger partial charge is 0.392 e. The van der Waals surface area contributed by atoms with Crippen LogP contribution in [0.3, 0.4) is 0 Å². The van der Waals surface area contributed by atoms with Gasteiger partial charge in [-0.05, 0) is 18.2 Å². The van der Waals surface area contributed by atoms with Gasteiger partial charge in [0.25, 0.3) is 0 Å². The van der Waals surface area contributed by atoms with Gasteiger partial charge in [-0.1, -0.05) is 0 Å². The van der Waals surface area contributed by atoms with Crippen molar-refractivity contribution >= 4 is 12.0 Å². The maximum absolute atomic E-state index is 11.8. The zero-order valence-corrected chi connectivity index (χ0v) is 9.15. The minimum Gasteiger partial charge on any atom is -0.492 e. The van der Waals surface area contributed by atoms with Crippen LogP contribution in [0.4, 0.5) is 13.2 Å². The van der Waals surface area contributed by atoms with E-state index < -0.39 is 25.2 Å². The van der Waals surface area contributed by atoms with Gasteiger partial charge in [-0.2, -0.15) is 13.2 Å². The van der Waals surface area contributed by atoms with Crippen LogP contribution in [-0.2, 0) is 4.79 Å². The van der Waals surface area contributed by atoms with Gasteiger partial charge in [-0.25, -0.2) is 4.79 Å². The van der Waals surface area contributed by atoms with Crippen LogP contribution in [-0.4, -0.2) is 28.8 Å². The molecule has 0 aromatic carbocycles. The van der Waals surface area contributed by atoms with Crippen molar-refractivity contribution in [2.75, 3.05) is 6.61 Å². The summed E-state index contributed by atoms with van der Waals surface area (Å²) >= 11 is 0. The monoisotopic (exact) mass is 261 g/mol. The first kappa shape index (κ1) is 14.0. The number of carbonyl (C=O) groups is 1. The molecule has 0 aliphatic heterocycles. The van der Waals surface area contributed by atoms with Crippen LogP contribution in [0.25, 0.3) is 6.08 Å². The molecule has 0 amide bonds. The standard InChI is InChI=1S/C11H10F3NO3/c12-11(13,14)5-6-18-9-3-1-8(15-7-9)2-4-10(16)17/h1-4,7H,5-6H2,(H,16,17). The highest BCUT2D eigenvalue weighted by atomic mass is 19.4. The highest BCUT2D eigenvalue weighted by molar-refractivity contribution is 5.84. The number of rotatable bonds is 5. The molecule has 98 valence electrons. The molecule has 0 unspecified atom stereocenters. The minimum atomic E-state index is -4.25. The molecular weight excluding hydrogens is 251 g/mol. The van der Waals surface area contributed by atoms with Crippen LogP contribution in [0.5, 0.6) is 5.75 Å². The Labute approximate surface area is 101 Å². The van der Waals surface area contributed by atoms with Crippen molar-refractivity contribution < 1.29 is 27.8 Å². The molecule has 1 rings (SSSR count). The van der Waals surface area contributed by atoms with Crippen LogP contribution in [0.2, 0.25) is 0 Å². The van der Waals surface area contributed by atoms with Crippen molar-refractivity contribution in [2.24, 2.45) is 0 Å². The van der Waals surface area contributed by atoms with Gasteiger partial charge in [0, 0.05) is 6.08 Å². The molecule has 0 saturated heterocycles. The fourth-order valence-corrected chi connectivity index (χ4v) is 1.02. The fourth-order valence-electron chi connectivity index (χ4n) is 1.02. The molecule has 0 bridgehead atoms. The molecule has 1 aromatic rings. The molecule has 0 radical (unpaired) electrons. The molecule has 7 heteroatoms. The molecule has 4 nitrogen and oxygen atoms in total. The lowest BCUT2D eigenvalue weighted by Gasteiger charge is -2.08. The zero-order chi connectivity index (χ0) is 13.6. The summed E-state index contributed by atoms with van der Waals surface area (Å²) in [6.45, 7) is -0.477. The van der Waals surface area contributed by atoms with Crippen LogP contribution < -0.4 is 4.74 Å². The predicted molar refractivity (Wildman–Crippen MR) is 57.1 cm³/mol. The quantitative estimate of drug-likeness (QED) is 0.827. The van der Waals surface area contributed by atoms with E-state index >= 15 is 0 Å². The largest absolute Gasteiger partial charge is 0.492 e. The molecule has 18 heavy (non-hydrogen) atoms. The maximum atomic E-state index is 11.8. The summed E-state index contributed by atoms with van der Waals surface area (Å²) in [5.41, 5.74) is 0.376. The van der Waals surface area contributed by atoms with Gasteiger partial charge in [0.1, 0.15) is 5.75 Å². The van der Waals surface area contributed by atoms with E-state index in [2.05, 4.69) is 4.98 Å². The second-order valence-electron chi connectivity index (χ2n) is 3.30. The number of halogens is 3. The Morgan fingerprint density at radius 1 is 1.44 bits per heavy atom. The Bertz CT molecular complexity index is 426. The van der Waals surface area contributed by atoms with Crippen LogP contribution in [0, 0.1) is 0 Å². The molecule has 1 N–H and O–H groups in total. The van der Waals surface area contributed by atoms with Gasteiger partial charge in [-0.3, -0.25) is 4.98 Å². The number of aromatic nitrogens is 1. The van der Waals surface area contributed by atoms with E-state index in [4.69, 9.17) is 9.84 Å². The lowest BCUT2D eigenvalue weighted by molar-refractivity contribution is -0.139. The van der Waals surface area contributed by atoms with Crippen LogP contribution >= 0.6 is 0 Å². The molecule has 1 heterocycles. The van der Waals surface area contributed by atoms with Crippen molar-refractivity contribution in [1.29, 1.82) is 0 Å². The first-order valence-corrected chi connectivity index (χ1v) is 4.93. The van der Waals surface area contributed by atoms with Gasteiger partial charge >= 0.3 is 12.1 Å². The van der Waals surface area contributed by atoms with Crippen molar-refractivity contribution in [3.8, 4) is 5.75 Å². The van der Waals surface area contributed by atoms with E-state index in [0.717, 1.165) is 6.08 Å². The average molecular weight is 261 g/mol. The molecule has 0 saturated carbocycles. The second kappa shape index (κ2) is 6.04. The molecule has 0 aliphatic carbocycles. The number of alkyl halides is 3. The van der Waals surface area contributed by atoms with Crippen molar-refractivity contribution in [2.45, 2.75) is 12.6 Å². The molecule has 0 aliphatic rings. The first-order chi connectivity index (χ1) is 8.37. The summed E-state index contributed by atoms with van der Waals surface area (Å²) in [6, 6.07) is 2.87. The summed E-state index contributed by atoms with van der Waals surface area (Å²) in [5.74, 6) is -0.908. The summed E-state index contributed by atoms with van der Waals surface area (Å²) in [7, 11) is 0. The number of carboxylic acid groups (broad SMARTS) is 1. The number of aliphatic carboxylic acids is 1. The van der Waals surface area contributed by atoms with Gasteiger partial charge in [0.05, 0.1) is 24.9 Å². The Morgan fingerprint density at radius 2 is 2.17 bits per heavy atom. The van der Waals surface area contributed by atoms with Gasteiger partial charge in [0.2, 0.25) is 0 Å². The Kier molecular flexibility index (Phi) is 4.70. The third-order valence-electron chi connectivity index (χ3n) is 1.81. The van der Waals surface area contributed by atoms with Crippen LogP contribution in [0.15, 0.2) is 24.4 Å². The topological polar surface area (TPSA) is 59.4 Å². The third-order valence-corrected chi connectivity index (χ3v) is 1.81.